The Morgan fingerprint density at radius 1 is 1.31 bits per heavy atom. The minimum absolute atomic E-state index is 0.0160. The van der Waals surface area contributed by atoms with E-state index in [2.05, 4.69) is 15.3 Å². The van der Waals surface area contributed by atoms with Gasteiger partial charge in [-0.15, -0.1) is 0 Å². The molecule has 9 nitrogen and oxygen atoms in total. The van der Waals surface area contributed by atoms with Crippen LogP contribution in [0, 0.1) is 6.92 Å². The first-order valence-electron chi connectivity index (χ1n) is 8.36. The Kier molecular flexibility index (Phi) is 5.92. The molecule has 0 spiro atoms. The van der Waals surface area contributed by atoms with E-state index in [4.69, 9.17) is 33.1 Å². The molecule has 29 heavy (non-hydrogen) atoms. The average molecular weight is 438 g/mol. The van der Waals surface area contributed by atoms with Gasteiger partial charge in [0.2, 0.25) is 5.78 Å². The third-order valence-corrected chi connectivity index (χ3v) is 4.85. The minimum Gasteiger partial charge on any atom is -0.465 e. The molecule has 0 bridgehead atoms. The minimum atomic E-state index is -1.18. The van der Waals surface area contributed by atoms with Crippen LogP contribution in [0.5, 0.6) is 0 Å². The van der Waals surface area contributed by atoms with Crippen molar-refractivity contribution in [1.29, 1.82) is 0 Å². The summed E-state index contributed by atoms with van der Waals surface area (Å²) in [5.74, 6) is -0.204. The zero-order chi connectivity index (χ0) is 21.3. The Balaban J connectivity index is 2.29. The predicted octanol–water partition coefficient (Wildman–Crippen LogP) is 3.41. The number of fused-ring (bicyclic) bond motifs is 1. The monoisotopic (exact) mass is 437 g/mol. The van der Waals surface area contributed by atoms with Crippen molar-refractivity contribution in [3.05, 3.63) is 51.4 Å². The first-order chi connectivity index (χ1) is 13.7. The average Bonchev–Trinajstić information content (AvgIpc) is 3.08. The highest BCUT2D eigenvalue weighted by Gasteiger charge is 2.22. The lowest BCUT2D eigenvalue weighted by Crippen LogP contribution is -2.25. The molecule has 152 valence electrons. The molecule has 0 fully saturated rings. The number of hydrogen-bond donors (Lipinski definition) is 2. The second-order valence-electron chi connectivity index (χ2n) is 6.09. The summed E-state index contributed by atoms with van der Waals surface area (Å²) in [5.41, 5.74) is 2.37. The van der Waals surface area contributed by atoms with Crippen LogP contribution in [0.1, 0.15) is 21.7 Å². The van der Waals surface area contributed by atoms with Gasteiger partial charge in [0.05, 0.1) is 24.4 Å². The van der Waals surface area contributed by atoms with Crippen LogP contribution in [0.25, 0.3) is 17.0 Å². The van der Waals surface area contributed by atoms with Gasteiger partial charge in [-0.05, 0) is 25.1 Å². The Morgan fingerprint density at radius 2 is 2.03 bits per heavy atom. The van der Waals surface area contributed by atoms with Crippen molar-refractivity contribution in [2.75, 3.05) is 14.2 Å². The van der Waals surface area contributed by atoms with Gasteiger partial charge < -0.3 is 10.4 Å². The molecule has 2 amide bonds. The quantitative estimate of drug-likeness (QED) is 0.591. The summed E-state index contributed by atoms with van der Waals surface area (Å²) in [4.78, 5) is 37.1. The highest BCUT2D eigenvalue weighted by molar-refractivity contribution is 6.36. The topological polar surface area (TPSA) is 109 Å². The van der Waals surface area contributed by atoms with Gasteiger partial charge >= 0.3 is 6.09 Å². The third kappa shape index (κ3) is 4.12. The first kappa shape index (κ1) is 20.8. The number of halogens is 2. The first-order valence-corrected chi connectivity index (χ1v) is 9.11. The van der Waals surface area contributed by atoms with Crippen LogP contribution < -0.4 is 5.32 Å². The Bertz CT molecular complexity index is 1120. The molecule has 0 atom stereocenters. The normalized spacial score (nSPS) is 10.9. The maximum atomic E-state index is 12.5. The van der Waals surface area contributed by atoms with Crippen LogP contribution >= 0.6 is 23.2 Å². The summed E-state index contributed by atoms with van der Waals surface area (Å²) in [5, 5.41) is 13.2. The fraction of sp³-hybridized carbons (Fsp3) is 0.222. The molecule has 3 aromatic rings. The largest absolute Gasteiger partial charge is 0.465 e. The Labute approximate surface area is 175 Å². The maximum Gasteiger partial charge on any atom is 0.404 e. The second kappa shape index (κ2) is 8.24. The van der Waals surface area contributed by atoms with Crippen LogP contribution in [0.15, 0.2) is 24.4 Å². The number of carbonyl (C=O) groups is 2. The van der Waals surface area contributed by atoms with Crippen molar-refractivity contribution in [2.24, 2.45) is 0 Å². The molecule has 2 N–H and O–H groups in total. The van der Waals surface area contributed by atoms with Gasteiger partial charge in [0.25, 0.3) is 5.91 Å². The number of imidazole rings is 1. The molecule has 2 heterocycles. The Hall–Kier alpha value is -2.88. The van der Waals surface area contributed by atoms with Crippen LogP contribution in [0.4, 0.5) is 4.79 Å². The molecule has 11 heteroatoms. The molecule has 3 rings (SSSR count). The standard InChI is InChI=1S/C18H17Cl2N5O4/c1-9-12(7-21-18(27)28)15(11-5-4-10(19)6-13(11)20)25-8-14(23-17(25)22-9)16(26)24(2)29-3/h4-6,8,21H,7H2,1-3H3,(H,27,28). The number of benzene rings is 1. The number of amides is 2. The number of nitrogens with one attached hydrogen (secondary N) is 1. The van der Waals surface area contributed by atoms with E-state index in [1.807, 2.05) is 0 Å². The summed E-state index contributed by atoms with van der Waals surface area (Å²) in [6.45, 7) is 1.71. The summed E-state index contributed by atoms with van der Waals surface area (Å²) >= 11 is 12.4. The maximum absolute atomic E-state index is 12.5. The molecule has 0 unspecified atom stereocenters. The lowest BCUT2D eigenvalue weighted by molar-refractivity contribution is -0.0760. The summed E-state index contributed by atoms with van der Waals surface area (Å²) in [7, 11) is 2.83. The van der Waals surface area contributed by atoms with Crippen LogP contribution in [0.3, 0.4) is 0 Å². The number of nitrogens with zero attached hydrogens (tertiary/aromatic N) is 4. The molecule has 0 saturated carbocycles. The van der Waals surface area contributed by atoms with E-state index >= 15 is 0 Å². The molecule has 1 aromatic carbocycles. The van der Waals surface area contributed by atoms with Crippen molar-refractivity contribution in [3.8, 4) is 11.3 Å². The van der Waals surface area contributed by atoms with Gasteiger partial charge in [0.1, 0.15) is 0 Å². The van der Waals surface area contributed by atoms with E-state index in [1.54, 1.807) is 29.5 Å². The number of aromatic nitrogens is 3. The predicted molar refractivity (Wildman–Crippen MR) is 107 cm³/mol. The lowest BCUT2D eigenvalue weighted by Gasteiger charge is -2.16. The van der Waals surface area contributed by atoms with Crippen LogP contribution in [-0.4, -0.2) is 50.7 Å². The van der Waals surface area contributed by atoms with Crippen molar-refractivity contribution in [1.82, 2.24) is 24.7 Å². The Morgan fingerprint density at radius 3 is 2.66 bits per heavy atom. The van der Waals surface area contributed by atoms with Crippen molar-refractivity contribution in [3.63, 3.8) is 0 Å². The van der Waals surface area contributed by atoms with Gasteiger partial charge in [0, 0.05) is 35.1 Å². The van der Waals surface area contributed by atoms with E-state index in [1.165, 1.54) is 20.4 Å². The number of aryl methyl sites for hydroxylation is 1. The molecule has 0 aliphatic rings. The number of hydrogen-bond acceptors (Lipinski definition) is 5. The molecule has 0 radical (unpaired) electrons. The van der Waals surface area contributed by atoms with E-state index in [-0.39, 0.29) is 18.0 Å². The van der Waals surface area contributed by atoms with Gasteiger partial charge in [-0.3, -0.25) is 14.0 Å². The summed E-state index contributed by atoms with van der Waals surface area (Å²) in [6.07, 6.45) is 0.324. The van der Waals surface area contributed by atoms with Crippen molar-refractivity contribution < 1.29 is 19.5 Å². The van der Waals surface area contributed by atoms with Gasteiger partial charge in [-0.1, -0.05) is 23.2 Å². The third-order valence-electron chi connectivity index (χ3n) is 4.30. The highest BCUT2D eigenvalue weighted by Crippen LogP contribution is 2.34. The fourth-order valence-electron chi connectivity index (χ4n) is 2.84. The zero-order valence-electron chi connectivity index (χ0n) is 15.7. The fourth-order valence-corrected chi connectivity index (χ4v) is 3.34. The summed E-state index contributed by atoms with van der Waals surface area (Å²) < 4.78 is 1.59. The molecule has 0 aliphatic carbocycles. The molecular formula is C18H17Cl2N5O4. The number of hydroxylamine groups is 2. The van der Waals surface area contributed by atoms with Crippen LogP contribution in [0.2, 0.25) is 10.0 Å². The molecule has 0 saturated heterocycles. The van der Waals surface area contributed by atoms with E-state index in [0.717, 1.165) is 5.06 Å². The smallest absolute Gasteiger partial charge is 0.404 e. The molecular weight excluding hydrogens is 421 g/mol. The van der Waals surface area contributed by atoms with E-state index < -0.39 is 12.0 Å². The van der Waals surface area contributed by atoms with Gasteiger partial charge in [-0.2, -0.15) is 0 Å². The summed E-state index contributed by atoms with van der Waals surface area (Å²) in [6, 6.07) is 4.96. The number of rotatable bonds is 5. The van der Waals surface area contributed by atoms with Crippen molar-refractivity contribution >= 4 is 41.0 Å². The van der Waals surface area contributed by atoms with E-state index in [0.29, 0.717) is 32.6 Å². The zero-order valence-corrected chi connectivity index (χ0v) is 17.2. The van der Waals surface area contributed by atoms with Gasteiger partial charge in [-0.25, -0.2) is 19.8 Å². The molecule has 0 aliphatic heterocycles. The van der Waals surface area contributed by atoms with E-state index in [9.17, 15) is 9.59 Å². The number of carboxylic acid groups (broad SMARTS) is 1. The number of carbonyl (C=O) groups excluding carboxylic acids is 1. The van der Waals surface area contributed by atoms with Crippen LogP contribution in [-0.2, 0) is 11.4 Å². The second-order valence-corrected chi connectivity index (χ2v) is 6.93. The lowest BCUT2D eigenvalue weighted by atomic mass is 10.0. The SMILES string of the molecule is CON(C)C(=O)c1cn2c(-c3ccc(Cl)cc3Cl)c(CNC(=O)O)c(C)nc2n1. The van der Waals surface area contributed by atoms with Gasteiger partial charge in [0.15, 0.2) is 5.69 Å². The molecule has 2 aromatic heterocycles. The van der Waals surface area contributed by atoms with Crippen molar-refractivity contribution in [2.45, 2.75) is 13.5 Å². The highest BCUT2D eigenvalue weighted by atomic mass is 35.5.